The van der Waals surface area contributed by atoms with Gasteiger partial charge in [-0.15, -0.1) is 0 Å². The number of anilines is 2. The van der Waals surface area contributed by atoms with Gasteiger partial charge in [0.1, 0.15) is 0 Å². The van der Waals surface area contributed by atoms with E-state index in [1.165, 1.54) is 0 Å². The van der Waals surface area contributed by atoms with Gasteiger partial charge in [-0.2, -0.15) is 0 Å². The highest BCUT2D eigenvalue weighted by atomic mass is 19.2. The molecule has 0 aliphatic rings. The number of nitrogens with zero attached hydrogens (tertiary/aromatic N) is 1. The zero-order valence-electron chi connectivity index (χ0n) is 13.2. The molecule has 0 aliphatic carbocycles. The summed E-state index contributed by atoms with van der Waals surface area (Å²) in [6, 6.07) is 7.00. The van der Waals surface area contributed by atoms with E-state index in [0.717, 1.165) is 18.8 Å². The molecule has 2 aromatic carbocycles. The van der Waals surface area contributed by atoms with Crippen LogP contribution in [0.4, 0.5) is 28.9 Å². The van der Waals surface area contributed by atoms with Gasteiger partial charge in [-0.3, -0.25) is 4.79 Å². The smallest absolute Gasteiger partial charge is 0.258 e. The Balaban J connectivity index is 2.21. The standard InChI is InChI=1S/C17H16F4N2O/c1-3-23(4-2)11-7-5-10(6-8-11)22-17(24)12-9-13(18)15(20)16(21)14(12)19/h5-9H,3-4H2,1-2H3,(H,22,24). The summed E-state index contributed by atoms with van der Waals surface area (Å²) < 4.78 is 52.9. The third kappa shape index (κ3) is 3.50. The molecule has 1 amide bonds. The van der Waals surface area contributed by atoms with Gasteiger partial charge in [-0.05, 0) is 44.2 Å². The molecule has 2 aromatic rings. The molecule has 0 unspecified atom stereocenters. The second-order valence-electron chi connectivity index (χ2n) is 5.02. The Morgan fingerprint density at radius 1 is 0.958 bits per heavy atom. The number of amides is 1. The van der Waals surface area contributed by atoms with E-state index in [-0.39, 0.29) is 0 Å². The maximum absolute atomic E-state index is 13.6. The van der Waals surface area contributed by atoms with Crippen LogP contribution in [0.15, 0.2) is 30.3 Å². The van der Waals surface area contributed by atoms with E-state index >= 15 is 0 Å². The number of halogens is 4. The fourth-order valence-electron chi connectivity index (χ4n) is 2.28. The van der Waals surface area contributed by atoms with Crippen LogP contribution in [0.2, 0.25) is 0 Å². The summed E-state index contributed by atoms with van der Waals surface area (Å²) in [4.78, 5) is 14.0. The molecule has 0 saturated heterocycles. The highest BCUT2D eigenvalue weighted by molar-refractivity contribution is 6.04. The van der Waals surface area contributed by atoms with E-state index in [0.29, 0.717) is 11.8 Å². The zero-order valence-corrected chi connectivity index (χ0v) is 13.2. The lowest BCUT2D eigenvalue weighted by atomic mass is 10.1. The Bertz CT molecular complexity index is 743. The molecule has 0 aromatic heterocycles. The zero-order chi connectivity index (χ0) is 17.9. The van der Waals surface area contributed by atoms with E-state index in [4.69, 9.17) is 0 Å². The Morgan fingerprint density at radius 3 is 2.08 bits per heavy atom. The SMILES string of the molecule is CCN(CC)c1ccc(NC(=O)c2cc(F)c(F)c(F)c2F)cc1. The summed E-state index contributed by atoms with van der Waals surface area (Å²) in [6.45, 7) is 5.61. The molecule has 128 valence electrons. The predicted molar refractivity (Wildman–Crippen MR) is 84.2 cm³/mol. The van der Waals surface area contributed by atoms with Crippen molar-refractivity contribution in [3.63, 3.8) is 0 Å². The van der Waals surface area contributed by atoms with E-state index in [2.05, 4.69) is 10.2 Å². The van der Waals surface area contributed by atoms with E-state index < -0.39 is 34.7 Å². The number of carbonyl (C=O) groups is 1. The van der Waals surface area contributed by atoms with Gasteiger partial charge in [-0.25, -0.2) is 17.6 Å². The summed E-state index contributed by atoms with van der Waals surface area (Å²) in [5.74, 6) is -8.40. The first kappa shape index (κ1) is 17.8. The quantitative estimate of drug-likeness (QED) is 0.499. The van der Waals surface area contributed by atoms with Crippen LogP contribution in [-0.4, -0.2) is 19.0 Å². The summed E-state index contributed by atoms with van der Waals surface area (Å²) in [6.07, 6.45) is 0. The molecule has 0 heterocycles. The molecule has 7 heteroatoms. The predicted octanol–water partition coefficient (Wildman–Crippen LogP) is 4.34. The van der Waals surface area contributed by atoms with Crippen molar-refractivity contribution < 1.29 is 22.4 Å². The molecule has 3 nitrogen and oxygen atoms in total. The topological polar surface area (TPSA) is 32.3 Å². The molecular weight excluding hydrogens is 324 g/mol. The van der Waals surface area contributed by atoms with Gasteiger partial charge < -0.3 is 10.2 Å². The van der Waals surface area contributed by atoms with Crippen LogP contribution in [0.3, 0.4) is 0 Å². The molecule has 0 spiro atoms. The van der Waals surface area contributed by atoms with Gasteiger partial charge in [0.15, 0.2) is 23.3 Å². The van der Waals surface area contributed by atoms with Crippen molar-refractivity contribution in [2.75, 3.05) is 23.3 Å². The van der Waals surface area contributed by atoms with Crippen LogP contribution in [0.1, 0.15) is 24.2 Å². The number of hydrogen-bond donors (Lipinski definition) is 1. The highest BCUT2D eigenvalue weighted by Gasteiger charge is 2.23. The van der Waals surface area contributed by atoms with E-state index in [1.54, 1.807) is 24.3 Å². The van der Waals surface area contributed by atoms with Crippen molar-refractivity contribution in [2.24, 2.45) is 0 Å². The molecule has 0 bridgehead atoms. The van der Waals surface area contributed by atoms with E-state index in [9.17, 15) is 22.4 Å². The van der Waals surface area contributed by atoms with Crippen LogP contribution in [0, 0.1) is 23.3 Å². The first-order valence-corrected chi connectivity index (χ1v) is 7.38. The first-order valence-electron chi connectivity index (χ1n) is 7.38. The van der Waals surface area contributed by atoms with Crippen LogP contribution in [0.25, 0.3) is 0 Å². The number of benzene rings is 2. The van der Waals surface area contributed by atoms with Crippen LogP contribution >= 0.6 is 0 Å². The van der Waals surface area contributed by atoms with Gasteiger partial charge in [0.2, 0.25) is 0 Å². The van der Waals surface area contributed by atoms with Crippen molar-refractivity contribution in [3.05, 3.63) is 59.2 Å². The summed E-state index contributed by atoms with van der Waals surface area (Å²) >= 11 is 0. The Kier molecular flexibility index (Phi) is 5.43. The minimum absolute atomic E-state index is 0.320. The average Bonchev–Trinajstić information content (AvgIpc) is 2.58. The van der Waals surface area contributed by atoms with Crippen molar-refractivity contribution in [3.8, 4) is 0 Å². The fraction of sp³-hybridized carbons (Fsp3) is 0.235. The molecule has 0 saturated carbocycles. The molecule has 0 radical (unpaired) electrons. The minimum Gasteiger partial charge on any atom is -0.372 e. The Hall–Kier alpha value is -2.57. The summed E-state index contributed by atoms with van der Waals surface area (Å²) in [5, 5.41) is 2.32. The number of rotatable bonds is 5. The summed E-state index contributed by atoms with van der Waals surface area (Å²) in [5.41, 5.74) is 0.350. The van der Waals surface area contributed by atoms with Crippen LogP contribution in [-0.2, 0) is 0 Å². The molecule has 24 heavy (non-hydrogen) atoms. The number of carbonyl (C=O) groups excluding carboxylic acids is 1. The van der Waals surface area contributed by atoms with Crippen molar-refractivity contribution >= 4 is 17.3 Å². The maximum Gasteiger partial charge on any atom is 0.258 e. The van der Waals surface area contributed by atoms with Gasteiger partial charge in [0.25, 0.3) is 5.91 Å². The number of hydrogen-bond acceptors (Lipinski definition) is 2. The molecule has 1 N–H and O–H groups in total. The number of nitrogens with one attached hydrogen (secondary N) is 1. The molecule has 0 atom stereocenters. The van der Waals surface area contributed by atoms with Crippen LogP contribution < -0.4 is 10.2 Å². The lowest BCUT2D eigenvalue weighted by molar-refractivity contribution is 0.102. The third-order valence-electron chi connectivity index (χ3n) is 3.60. The normalized spacial score (nSPS) is 10.6. The molecular formula is C17H16F4N2O. The second-order valence-corrected chi connectivity index (χ2v) is 5.02. The van der Waals surface area contributed by atoms with Crippen molar-refractivity contribution in [1.29, 1.82) is 0 Å². The second kappa shape index (κ2) is 7.33. The first-order chi connectivity index (χ1) is 11.4. The monoisotopic (exact) mass is 340 g/mol. The van der Waals surface area contributed by atoms with Gasteiger partial charge in [-0.1, -0.05) is 0 Å². The van der Waals surface area contributed by atoms with Crippen LogP contribution in [0.5, 0.6) is 0 Å². The third-order valence-corrected chi connectivity index (χ3v) is 3.60. The molecule has 2 rings (SSSR count). The van der Waals surface area contributed by atoms with Gasteiger partial charge in [0, 0.05) is 24.5 Å². The van der Waals surface area contributed by atoms with Gasteiger partial charge >= 0.3 is 0 Å². The average molecular weight is 340 g/mol. The largest absolute Gasteiger partial charge is 0.372 e. The lowest BCUT2D eigenvalue weighted by Gasteiger charge is -2.21. The minimum atomic E-state index is -2.02. The Morgan fingerprint density at radius 2 is 1.54 bits per heavy atom. The fourth-order valence-corrected chi connectivity index (χ4v) is 2.28. The lowest BCUT2D eigenvalue weighted by Crippen LogP contribution is -2.21. The highest BCUT2D eigenvalue weighted by Crippen LogP contribution is 2.21. The van der Waals surface area contributed by atoms with Crippen molar-refractivity contribution in [1.82, 2.24) is 0 Å². The Labute approximate surface area is 136 Å². The maximum atomic E-state index is 13.6. The van der Waals surface area contributed by atoms with E-state index in [1.807, 2.05) is 13.8 Å². The van der Waals surface area contributed by atoms with Crippen molar-refractivity contribution in [2.45, 2.75) is 13.8 Å². The molecule has 0 fully saturated rings. The van der Waals surface area contributed by atoms with Gasteiger partial charge in [0.05, 0.1) is 5.56 Å². The summed E-state index contributed by atoms with van der Waals surface area (Å²) in [7, 11) is 0. The molecule has 0 aliphatic heterocycles.